The Bertz CT molecular complexity index is 724. The summed E-state index contributed by atoms with van der Waals surface area (Å²) in [7, 11) is 0. The molecular weight excluding hydrogens is 322 g/mol. The molecule has 1 aromatic carbocycles. The van der Waals surface area contributed by atoms with Gasteiger partial charge in [-0.05, 0) is 56.3 Å². The molecule has 6 rings (SSSR count). The Hall–Kier alpha value is -1.49. The van der Waals surface area contributed by atoms with E-state index < -0.39 is 11.6 Å². The number of amides is 1. The van der Waals surface area contributed by atoms with Gasteiger partial charge in [0.15, 0.2) is 11.6 Å². The van der Waals surface area contributed by atoms with Gasteiger partial charge in [0.1, 0.15) is 0 Å². The molecule has 0 aromatic heterocycles. The first-order valence-corrected chi connectivity index (χ1v) is 9.49. The second-order valence-electron chi connectivity index (χ2n) is 8.62. The second kappa shape index (κ2) is 5.26. The monoisotopic (exact) mass is 346 g/mol. The normalized spacial score (nSPS) is 37.9. The van der Waals surface area contributed by atoms with Crippen LogP contribution in [0.5, 0.6) is 0 Å². The average molecular weight is 346 g/mol. The summed E-state index contributed by atoms with van der Waals surface area (Å²) in [5.41, 5.74) is 0.227. The van der Waals surface area contributed by atoms with Gasteiger partial charge >= 0.3 is 0 Å². The topological polar surface area (TPSA) is 23.6 Å². The van der Waals surface area contributed by atoms with Crippen LogP contribution >= 0.6 is 0 Å². The van der Waals surface area contributed by atoms with Crippen LogP contribution in [-0.4, -0.2) is 47.4 Å². The summed E-state index contributed by atoms with van der Waals surface area (Å²) in [5, 5.41) is 0. The quantitative estimate of drug-likeness (QED) is 0.821. The number of fused-ring (bicyclic) bond motifs is 2. The van der Waals surface area contributed by atoms with Crippen LogP contribution in [0.25, 0.3) is 0 Å². The lowest BCUT2D eigenvalue weighted by molar-refractivity contribution is -0.141. The van der Waals surface area contributed by atoms with Gasteiger partial charge < -0.3 is 4.90 Å². The molecule has 0 N–H and O–H groups in total. The van der Waals surface area contributed by atoms with Crippen LogP contribution in [-0.2, 0) is 4.79 Å². The lowest BCUT2D eigenvalue weighted by Gasteiger charge is -2.51. The first kappa shape index (κ1) is 15.7. The molecule has 5 aliphatic rings. The number of hydrogen-bond donors (Lipinski definition) is 0. The molecule has 5 fully saturated rings. The second-order valence-corrected chi connectivity index (χ2v) is 8.62. The van der Waals surface area contributed by atoms with Crippen molar-refractivity contribution >= 4 is 5.91 Å². The molecule has 1 aliphatic carbocycles. The van der Waals surface area contributed by atoms with Crippen molar-refractivity contribution in [2.24, 2.45) is 11.3 Å². The molecule has 3 atom stereocenters. The van der Waals surface area contributed by atoms with E-state index in [1.165, 1.54) is 6.07 Å². The van der Waals surface area contributed by atoms with E-state index in [1.807, 2.05) is 11.8 Å². The third kappa shape index (κ3) is 2.21. The highest BCUT2D eigenvalue weighted by atomic mass is 19.2. The van der Waals surface area contributed by atoms with Gasteiger partial charge in [-0.15, -0.1) is 0 Å². The van der Waals surface area contributed by atoms with Crippen LogP contribution in [0.1, 0.15) is 44.1 Å². The maximum Gasteiger partial charge on any atom is 0.228 e. The van der Waals surface area contributed by atoms with Crippen molar-refractivity contribution in [1.29, 1.82) is 0 Å². The molecular formula is C20H24F2N2O. The Balaban J connectivity index is 1.56. The van der Waals surface area contributed by atoms with Gasteiger partial charge in [0.25, 0.3) is 0 Å². The average Bonchev–Trinajstić information content (AvgIpc) is 3.25. The summed E-state index contributed by atoms with van der Waals surface area (Å²) in [6.45, 7) is 4.59. The number of benzene rings is 1. The highest BCUT2D eigenvalue weighted by Gasteiger charge is 2.58. The van der Waals surface area contributed by atoms with Crippen molar-refractivity contribution < 1.29 is 13.6 Å². The SMILES string of the molecule is CC1(C(=O)N2C[C@@H](c3cccc(F)c3F)[C@@H]3[C@H]2C2CCN3CC2)CC1. The van der Waals surface area contributed by atoms with Gasteiger partial charge in [0, 0.05) is 23.9 Å². The zero-order chi connectivity index (χ0) is 17.3. The number of halogens is 2. The number of nitrogens with zero attached hydrogens (tertiary/aromatic N) is 2. The zero-order valence-electron chi connectivity index (χ0n) is 14.5. The first-order valence-electron chi connectivity index (χ1n) is 9.49. The third-order valence-electron chi connectivity index (χ3n) is 7.15. The fraction of sp³-hybridized carbons (Fsp3) is 0.650. The summed E-state index contributed by atoms with van der Waals surface area (Å²) >= 11 is 0. The van der Waals surface area contributed by atoms with Crippen LogP contribution in [0.15, 0.2) is 18.2 Å². The van der Waals surface area contributed by atoms with E-state index in [0.29, 0.717) is 18.0 Å². The molecule has 0 unspecified atom stereocenters. The van der Waals surface area contributed by atoms with Gasteiger partial charge in [-0.3, -0.25) is 9.69 Å². The minimum atomic E-state index is -0.788. The fourth-order valence-corrected chi connectivity index (χ4v) is 5.48. The van der Waals surface area contributed by atoms with Crippen molar-refractivity contribution in [3.8, 4) is 0 Å². The number of likely N-dealkylation sites (tertiary alicyclic amines) is 1. The molecule has 2 bridgehead atoms. The van der Waals surface area contributed by atoms with E-state index in [0.717, 1.165) is 38.8 Å². The molecule has 1 amide bonds. The Morgan fingerprint density at radius 2 is 1.88 bits per heavy atom. The highest BCUT2D eigenvalue weighted by Crippen LogP contribution is 2.52. The number of carbonyl (C=O) groups is 1. The molecule has 3 nitrogen and oxygen atoms in total. The standard InChI is InChI=1S/C20H24F2N2O/c1-20(7-8-20)19(25)24-11-14(13-3-2-4-15(21)16(13)22)18-17(24)12-5-9-23(18)10-6-12/h2-4,12,14,17-18H,5-11H2,1H3/t14-,17+,18+/m0/s1. The predicted octanol–water partition coefficient (Wildman–Crippen LogP) is 3.15. The molecule has 4 heterocycles. The summed E-state index contributed by atoms with van der Waals surface area (Å²) in [6.07, 6.45) is 4.13. The van der Waals surface area contributed by atoms with Crippen LogP contribution in [0.2, 0.25) is 0 Å². The van der Waals surface area contributed by atoms with Crippen LogP contribution in [0, 0.1) is 23.0 Å². The number of piperidine rings is 3. The summed E-state index contributed by atoms with van der Waals surface area (Å²) in [4.78, 5) is 17.6. The predicted molar refractivity (Wildman–Crippen MR) is 90.0 cm³/mol. The van der Waals surface area contributed by atoms with E-state index in [2.05, 4.69) is 4.90 Å². The van der Waals surface area contributed by atoms with Gasteiger partial charge in [-0.25, -0.2) is 8.78 Å². The van der Waals surface area contributed by atoms with Crippen molar-refractivity contribution in [1.82, 2.24) is 9.80 Å². The molecule has 134 valence electrons. The summed E-state index contributed by atoms with van der Waals surface area (Å²) < 4.78 is 28.4. The van der Waals surface area contributed by atoms with Crippen molar-refractivity contribution in [3.05, 3.63) is 35.4 Å². The number of rotatable bonds is 2. The Kier molecular flexibility index (Phi) is 3.31. The first-order chi connectivity index (χ1) is 12.0. The third-order valence-corrected chi connectivity index (χ3v) is 7.15. The highest BCUT2D eigenvalue weighted by molar-refractivity contribution is 5.85. The van der Waals surface area contributed by atoms with Gasteiger partial charge in [-0.1, -0.05) is 19.1 Å². The fourth-order valence-electron chi connectivity index (χ4n) is 5.48. The molecule has 4 saturated heterocycles. The Morgan fingerprint density at radius 3 is 2.56 bits per heavy atom. The molecule has 4 aliphatic heterocycles. The van der Waals surface area contributed by atoms with E-state index >= 15 is 0 Å². The summed E-state index contributed by atoms with van der Waals surface area (Å²) in [6, 6.07) is 4.77. The zero-order valence-corrected chi connectivity index (χ0v) is 14.5. The molecule has 1 saturated carbocycles. The number of carbonyl (C=O) groups excluding carboxylic acids is 1. The molecule has 0 radical (unpaired) electrons. The molecule has 1 aromatic rings. The van der Waals surface area contributed by atoms with Crippen molar-refractivity contribution in [2.45, 2.75) is 50.6 Å². The van der Waals surface area contributed by atoms with E-state index in [4.69, 9.17) is 0 Å². The number of hydrogen-bond acceptors (Lipinski definition) is 2. The lowest BCUT2D eigenvalue weighted by atomic mass is 9.75. The maximum absolute atomic E-state index is 14.5. The minimum Gasteiger partial charge on any atom is -0.337 e. The Labute approximate surface area is 147 Å². The molecule has 25 heavy (non-hydrogen) atoms. The van der Waals surface area contributed by atoms with Gasteiger partial charge in [0.05, 0.1) is 6.04 Å². The maximum atomic E-state index is 14.5. The van der Waals surface area contributed by atoms with E-state index in [-0.39, 0.29) is 29.3 Å². The van der Waals surface area contributed by atoms with E-state index in [1.54, 1.807) is 12.1 Å². The molecule has 5 heteroatoms. The van der Waals surface area contributed by atoms with E-state index in [9.17, 15) is 13.6 Å². The van der Waals surface area contributed by atoms with Crippen LogP contribution in [0.3, 0.4) is 0 Å². The largest absolute Gasteiger partial charge is 0.337 e. The smallest absolute Gasteiger partial charge is 0.228 e. The molecule has 0 spiro atoms. The van der Waals surface area contributed by atoms with Gasteiger partial charge in [-0.2, -0.15) is 0 Å². The van der Waals surface area contributed by atoms with Crippen molar-refractivity contribution in [2.75, 3.05) is 19.6 Å². The van der Waals surface area contributed by atoms with Crippen LogP contribution < -0.4 is 0 Å². The summed E-state index contributed by atoms with van der Waals surface area (Å²) in [5.74, 6) is -0.918. The van der Waals surface area contributed by atoms with Crippen LogP contribution in [0.4, 0.5) is 8.78 Å². The lowest BCUT2D eigenvalue weighted by Crippen LogP contribution is -2.61. The Morgan fingerprint density at radius 1 is 1.16 bits per heavy atom. The minimum absolute atomic E-state index is 0.130. The van der Waals surface area contributed by atoms with Crippen molar-refractivity contribution in [3.63, 3.8) is 0 Å². The van der Waals surface area contributed by atoms with Gasteiger partial charge in [0.2, 0.25) is 5.91 Å².